The Hall–Kier alpha value is -2.69. The van der Waals surface area contributed by atoms with Gasteiger partial charge in [-0.25, -0.2) is 4.39 Å². The lowest BCUT2D eigenvalue weighted by atomic mass is 10.1. The molecule has 0 spiro atoms. The summed E-state index contributed by atoms with van der Waals surface area (Å²) in [6, 6.07) is 12.1. The molecule has 3 rings (SSSR count). The molecule has 0 saturated carbocycles. The summed E-state index contributed by atoms with van der Waals surface area (Å²) in [5.41, 5.74) is 3.31. The number of benzene rings is 2. The molecule has 118 valence electrons. The topological polar surface area (TPSA) is 58.2 Å². The molecule has 2 aromatic carbocycles. The van der Waals surface area contributed by atoms with Gasteiger partial charge in [0.15, 0.2) is 0 Å². The standard InChI is InChI=1S/C18H17FN2O2/c19-15-4-2-1-3-13(15)10-17(22)20-8-7-12-5-6-16-14(9-12)11-18(23)21-16/h1-6,9H,7-8,10-11H2,(H,20,22)(H,21,23). The molecule has 5 heteroatoms. The van der Waals surface area contributed by atoms with E-state index >= 15 is 0 Å². The predicted octanol–water partition coefficient (Wildman–Crippen LogP) is 2.22. The second kappa shape index (κ2) is 6.60. The van der Waals surface area contributed by atoms with Crippen molar-refractivity contribution in [2.75, 3.05) is 11.9 Å². The van der Waals surface area contributed by atoms with E-state index in [1.165, 1.54) is 6.07 Å². The van der Waals surface area contributed by atoms with Crippen LogP contribution in [0.5, 0.6) is 0 Å². The van der Waals surface area contributed by atoms with Gasteiger partial charge in [0, 0.05) is 12.2 Å². The van der Waals surface area contributed by atoms with Gasteiger partial charge in [-0.05, 0) is 35.2 Å². The van der Waals surface area contributed by atoms with Crippen molar-refractivity contribution in [3.05, 3.63) is 65.0 Å². The van der Waals surface area contributed by atoms with Crippen LogP contribution >= 0.6 is 0 Å². The SMILES string of the molecule is O=C(Cc1ccccc1F)NCCc1ccc2c(c1)CC(=O)N2. The zero-order valence-electron chi connectivity index (χ0n) is 12.6. The van der Waals surface area contributed by atoms with Crippen LogP contribution in [-0.4, -0.2) is 18.4 Å². The summed E-state index contributed by atoms with van der Waals surface area (Å²) >= 11 is 0. The molecule has 4 nitrogen and oxygen atoms in total. The molecule has 0 radical (unpaired) electrons. The smallest absolute Gasteiger partial charge is 0.228 e. The van der Waals surface area contributed by atoms with Crippen molar-refractivity contribution in [1.82, 2.24) is 5.32 Å². The molecule has 2 aromatic rings. The fourth-order valence-corrected chi connectivity index (χ4v) is 2.66. The van der Waals surface area contributed by atoms with E-state index in [1.807, 2.05) is 18.2 Å². The monoisotopic (exact) mass is 312 g/mol. The van der Waals surface area contributed by atoms with Crippen molar-refractivity contribution < 1.29 is 14.0 Å². The van der Waals surface area contributed by atoms with E-state index < -0.39 is 0 Å². The number of hydrogen-bond acceptors (Lipinski definition) is 2. The van der Waals surface area contributed by atoms with Gasteiger partial charge in [-0.1, -0.05) is 30.3 Å². The van der Waals surface area contributed by atoms with E-state index in [0.717, 1.165) is 16.8 Å². The second-order valence-corrected chi connectivity index (χ2v) is 5.58. The van der Waals surface area contributed by atoms with Crippen molar-refractivity contribution in [3.8, 4) is 0 Å². The van der Waals surface area contributed by atoms with Crippen molar-refractivity contribution >= 4 is 17.5 Å². The highest BCUT2D eigenvalue weighted by atomic mass is 19.1. The third kappa shape index (κ3) is 3.74. The summed E-state index contributed by atoms with van der Waals surface area (Å²) in [4.78, 5) is 23.2. The lowest BCUT2D eigenvalue weighted by Crippen LogP contribution is -2.27. The fraction of sp³-hybridized carbons (Fsp3) is 0.222. The highest BCUT2D eigenvalue weighted by Crippen LogP contribution is 2.23. The largest absolute Gasteiger partial charge is 0.355 e. The number of anilines is 1. The van der Waals surface area contributed by atoms with E-state index in [2.05, 4.69) is 10.6 Å². The molecular formula is C18H17FN2O2. The van der Waals surface area contributed by atoms with Gasteiger partial charge >= 0.3 is 0 Å². The average Bonchev–Trinajstić information content (AvgIpc) is 2.89. The summed E-state index contributed by atoms with van der Waals surface area (Å²) in [6.07, 6.45) is 1.11. The van der Waals surface area contributed by atoms with Gasteiger partial charge in [-0.2, -0.15) is 0 Å². The van der Waals surface area contributed by atoms with Gasteiger partial charge in [-0.3, -0.25) is 9.59 Å². The van der Waals surface area contributed by atoms with Crippen LogP contribution in [0.2, 0.25) is 0 Å². The molecule has 2 N–H and O–H groups in total. The number of carbonyl (C=O) groups is 2. The lowest BCUT2D eigenvalue weighted by Gasteiger charge is -2.07. The van der Waals surface area contributed by atoms with E-state index in [1.54, 1.807) is 18.2 Å². The van der Waals surface area contributed by atoms with Crippen LogP contribution in [0.15, 0.2) is 42.5 Å². The average molecular weight is 312 g/mol. The molecule has 0 atom stereocenters. The van der Waals surface area contributed by atoms with Crippen LogP contribution in [0.25, 0.3) is 0 Å². The molecule has 1 aliphatic rings. The molecule has 0 saturated heterocycles. The lowest BCUT2D eigenvalue weighted by molar-refractivity contribution is -0.120. The van der Waals surface area contributed by atoms with E-state index in [0.29, 0.717) is 24.9 Å². The zero-order chi connectivity index (χ0) is 16.2. The minimum Gasteiger partial charge on any atom is -0.355 e. The Kier molecular flexibility index (Phi) is 4.37. The molecule has 1 heterocycles. The maximum Gasteiger partial charge on any atom is 0.228 e. The van der Waals surface area contributed by atoms with Crippen molar-refractivity contribution in [2.24, 2.45) is 0 Å². The first kappa shape index (κ1) is 15.2. The van der Waals surface area contributed by atoms with Crippen LogP contribution in [-0.2, 0) is 28.9 Å². The van der Waals surface area contributed by atoms with E-state index in [4.69, 9.17) is 0 Å². The Bertz CT molecular complexity index is 758. The van der Waals surface area contributed by atoms with Crippen LogP contribution in [0.4, 0.5) is 10.1 Å². The molecular weight excluding hydrogens is 295 g/mol. The molecule has 0 aliphatic carbocycles. The minimum atomic E-state index is -0.363. The highest BCUT2D eigenvalue weighted by Gasteiger charge is 2.17. The third-order valence-electron chi connectivity index (χ3n) is 3.84. The number of halogens is 1. The molecule has 0 unspecified atom stereocenters. The maximum absolute atomic E-state index is 13.5. The fourth-order valence-electron chi connectivity index (χ4n) is 2.66. The van der Waals surface area contributed by atoms with Gasteiger partial charge in [0.2, 0.25) is 11.8 Å². The number of hydrogen-bond donors (Lipinski definition) is 2. The number of rotatable bonds is 5. The van der Waals surface area contributed by atoms with Gasteiger partial charge in [-0.15, -0.1) is 0 Å². The van der Waals surface area contributed by atoms with Crippen molar-refractivity contribution in [1.29, 1.82) is 0 Å². The first-order valence-corrected chi connectivity index (χ1v) is 7.53. The molecule has 0 fully saturated rings. The Morgan fingerprint density at radius 2 is 2.04 bits per heavy atom. The Morgan fingerprint density at radius 1 is 1.22 bits per heavy atom. The number of fused-ring (bicyclic) bond motifs is 1. The van der Waals surface area contributed by atoms with Crippen molar-refractivity contribution in [3.63, 3.8) is 0 Å². The Labute approximate surface area is 133 Å². The molecule has 0 aromatic heterocycles. The molecule has 1 aliphatic heterocycles. The minimum absolute atomic E-state index is 0.00957. The van der Waals surface area contributed by atoms with Gasteiger partial charge in [0.05, 0.1) is 12.8 Å². The first-order valence-electron chi connectivity index (χ1n) is 7.53. The highest BCUT2D eigenvalue weighted by molar-refractivity contribution is 5.99. The molecule has 0 bridgehead atoms. The normalized spacial score (nSPS) is 12.7. The van der Waals surface area contributed by atoms with Crippen LogP contribution in [0.1, 0.15) is 16.7 Å². The van der Waals surface area contributed by atoms with Crippen molar-refractivity contribution in [2.45, 2.75) is 19.3 Å². The van der Waals surface area contributed by atoms with Crippen LogP contribution < -0.4 is 10.6 Å². The zero-order valence-corrected chi connectivity index (χ0v) is 12.6. The first-order chi connectivity index (χ1) is 11.1. The van der Waals surface area contributed by atoms with Crippen LogP contribution in [0, 0.1) is 5.82 Å². The summed E-state index contributed by atoms with van der Waals surface area (Å²) < 4.78 is 13.5. The third-order valence-corrected chi connectivity index (χ3v) is 3.84. The number of carbonyl (C=O) groups excluding carboxylic acids is 2. The van der Waals surface area contributed by atoms with Gasteiger partial charge < -0.3 is 10.6 Å². The van der Waals surface area contributed by atoms with Gasteiger partial charge in [0.25, 0.3) is 0 Å². The predicted molar refractivity (Wildman–Crippen MR) is 85.6 cm³/mol. The Morgan fingerprint density at radius 3 is 2.87 bits per heavy atom. The molecule has 23 heavy (non-hydrogen) atoms. The number of nitrogens with one attached hydrogen (secondary N) is 2. The summed E-state index contributed by atoms with van der Waals surface area (Å²) in [5.74, 6) is -0.554. The number of amides is 2. The summed E-state index contributed by atoms with van der Waals surface area (Å²) in [5, 5.41) is 5.58. The second-order valence-electron chi connectivity index (χ2n) is 5.58. The summed E-state index contributed by atoms with van der Waals surface area (Å²) in [7, 11) is 0. The molecule has 2 amide bonds. The Balaban J connectivity index is 1.50. The van der Waals surface area contributed by atoms with Crippen LogP contribution in [0.3, 0.4) is 0 Å². The van der Waals surface area contributed by atoms with Gasteiger partial charge in [0.1, 0.15) is 5.82 Å². The van der Waals surface area contributed by atoms with E-state index in [-0.39, 0.29) is 24.1 Å². The van der Waals surface area contributed by atoms with E-state index in [9.17, 15) is 14.0 Å². The summed E-state index contributed by atoms with van der Waals surface area (Å²) in [6.45, 7) is 0.480. The maximum atomic E-state index is 13.5. The quantitative estimate of drug-likeness (QED) is 0.889.